The molecule has 1 atom stereocenters. The lowest BCUT2D eigenvalue weighted by Gasteiger charge is -2.32. The number of ether oxygens (including phenoxy) is 1. The van der Waals surface area contributed by atoms with Gasteiger partial charge < -0.3 is 10.1 Å². The highest BCUT2D eigenvalue weighted by Crippen LogP contribution is 2.35. The lowest BCUT2D eigenvalue weighted by molar-refractivity contribution is 0.0925. The molecule has 0 spiro atoms. The van der Waals surface area contributed by atoms with Crippen LogP contribution in [-0.2, 0) is 0 Å². The summed E-state index contributed by atoms with van der Waals surface area (Å²) in [6.45, 7) is 4.07. The summed E-state index contributed by atoms with van der Waals surface area (Å²) in [4.78, 5) is 12.7. The molecular formula is C22H26ClNO2. The Morgan fingerprint density at radius 1 is 1.12 bits per heavy atom. The Balaban J connectivity index is 1.67. The number of para-hydroxylation sites is 1. The Morgan fingerprint density at radius 3 is 2.42 bits per heavy atom. The monoisotopic (exact) mass is 371 g/mol. The number of carbonyl (C=O) groups excluding carboxylic acids is 1. The molecular weight excluding hydrogens is 346 g/mol. The quantitative estimate of drug-likeness (QED) is 0.705. The zero-order chi connectivity index (χ0) is 18.6. The van der Waals surface area contributed by atoms with Gasteiger partial charge in [-0.1, -0.05) is 42.5 Å². The molecule has 0 aliphatic heterocycles. The van der Waals surface area contributed by atoms with Crippen LogP contribution in [0.4, 0.5) is 0 Å². The molecule has 1 saturated carbocycles. The molecule has 0 aromatic heterocycles. The number of hydrogen-bond acceptors (Lipinski definition) is 2. The zero-order valence-electron chi connectivity index (χ0n) is 15.4. The molecule has 0 heterocycles. The maximum absolute atomic E-state index is 12.8. The number of carbonyl (C=O) groups is 1. The first-order valence-corrected chi connectivity index (χ1v) is 9.63. The van der Waals surface area contributed by atoms with Gasteiger partial charge in [-0.2, -0.15) is 0 Å². The fraction of sp³-hybridized carbons (Fsp3) is 0.409. The van der Waals surface area contributed by atoms with E-state index >= 15 is 0 Å². The molecule has 0 saturated heterocycles. The third-order valence-electron chi connectivity index (χ3n) is 5.05. The molecule has 2 aromatic carbocycles. The number of halogens is 1. The van der Waals surface area contributed by atoms with E-state index in [-0.39, 0.29) is 22.9 Å². The van der Waals surface area contributed by atoms with Gasteiger partial charge in [0.15, 0.2) is 0 Å². The first kappa shape index (κ1) is 18.8. The van der Waals surface area contributed by atoms with Crippen LogP contribution in [0, 0.1) is 0 Å². The minimum Gasteiger partial charge on any atom is -0.490 e. The van der Waals surface area contributed by atoms with Crippen molar-refractivity contribution in [3.63, 3.8) is 0 Å². The predicted octanol–water partition coefficient (Wildman–Crippen LogP) is 5.50. The summed E-state index contributed by atoms with van der Waals surface area (Å²) in [5.74, 6) is 0.531. The smallest absolute Gasteiger partial charge is 0.255 e. The highest BCUT2D eigenvalue weighted by atomic mass is 35.5. The molecule has 1 amide bonds. The summed E-state index contributed by atoms with van der Waals surface area (Å²) in [6.07, 6.45) is 3.80. The molecule has 1 N–H and O–H groups in total. The molecule has 4 heteroatoms. The van der Waals surface area contributed by atoms with Crippen molar-refractivity contribution in [1.29, 1.82) is 0 Å². The van der Waals surface area contributed by atoms with E-state index in [2.05, 4.69) is 12.2 Å². The second kappa shape index (κ2) is 8.13. The number of benzene rings is 2. The Hall–Kier alpha value is -2.00. The van der Waals surface area contributed by atoms with Crippen molar-refractivity contribution in [1.82, 2.24) is 5.32 Å². The van der Waals surface area contributed by atoms with Crippen LogP contribution >= 0.6 is 11.6 Å². The lowest BCUT2D eigenvalue weighted by atomic mass is 9.88. The van der Waals surface area contributed by atoms with Crippen LogP contribution in [-0.4, -0.2) is 16.9 Å². The fourth-order valence-electron chi connectivity index (χ4n) is 3.35. The van der Waals surface area contributed by atoms with Crippen LogP contribution in [0.2, 0.25) is 0 Å². The van der Waals surface area contributed by atoms with E-state index in [9.17, 15) is 4.79 Å². The molecule has 26 heavy (non-hydrogen) atoms. The molecule has 3 rings (SSSR count). The average molecular weight is 372 g/mol. The largest absolute Gasteiger partial charge is 0.490 e. The Labute approximate surface area is 160 Å². The van der Waals surface area contributed by atoms with E-state index in [1.165, 1.54) is 0 Å². The van der Waals surface area contributed by atoms with Crippen molar-refractivity contribution < 1.29 is 9.53 Å². The van der Waals surface area contributed by atoms with E-state index in [1.54, 1.807) is 0 Å². The van der Waals surface area contributed by atoms with Crippen molar-refractivity contribution in [2.45, 2.75) is 56.6 Å². The van der Waals surface area contributed by atoms with Crippen LogP contribution in [0.25, 0.3) is 0 Å². The van der Waals surface area contributed by atoms with Gasteiger partial charge in [-0.3, -0.25) is 4.79 Å². The van der Waals surface area contributed by atoms with E-state index in [1.807, 2.05) is 61.5 Å². The first-order valence-electron chi connectivity index (χ1n) is 9.25. The highest BCUT2D eigenvalue weighted by molar-refractivity contribution is 6.23. The number of hydrogen-bond donors (Lipinski definition) is 1. The number of rotatable bonds is 5. The average Bonchev–Trinajstić information content (AvgIpc) is 2.64. The molecule has 1 fully saturated rings. The Morgan fingerprint density at radius 2 is 1.73 bits per heavy atom. The first-order chi connectivity index (χ1) is 12.4. The van der Waals surface area contributed by atoms with Gasteiger partial charge in [0.25, 0.3) is 5.91 Å². The zero-order valence-corrected chi connectivity index (χ0v) is 16.1. The van der Waals surface area contributed by atoms with Crippen LogP contribution in [0.15, 0.2) is 54.6 Å². The van der Waals surface area contributed by atoms with Gasteiger partial charge in [-0.25, -0.2) is 0 Å². The van der Waals surface area contributed by atoms with Crippen LogP contribution in [0.3, 0.4) is 0 Å². The molecule has 0 unspecified atom stereocenters. The number of amides is 1. The third-order valence-corrected chi connectivity index (χ3v) is 5.43. The van der Waals surface area contributed by atoms with Crippen LogP contribution in [0.1, 0.15) is 61.5 Å². The van der Waals surface area contributed by atoms with Gasteiger partial charge in [-0.15, -0.1) is 11.6 Å². The number of nitrogens with one attached hydrogen (secondary N) is 1. The van der Waals surface area contributed by atoms with E-state index < -0.39 is 0 Å². The van der Waals surface area contributed by atoms with Crippen molar-refractivity contribution >= 4 is 17.5 Å². The molecule has 1 aliphatic carbocycles. The normalized spacial score (nSPS) is 23.9. The maximum atomic E-state index is 12.8. The molecule has 138 valence electrons. The van der Waals surface area contributed by atoms with Crippen LogP contribution in [0.5, 0.6) is 5.75 Å². The minimum absolute atomic E-state index is 0.0663. The molecule has 0 bridgehead atoms. The summed E-state index contributed by atoms with van der Waals surface area (Å²) in [6, 6.07) is 17.3. The van der Waals surface area contributed by atoms with Crippen molar-refractivity contribution in [3.05, 3.63) is 65.7 Å². The standard InChI is InChI=1S/C22H26ClNO2/c1-16(17-8-4-3-5-9-17)24-21(25)19-10-6-7-11-20(19)26-18-12-14-22(2,23)15-13-18/h3-11,16,18H,12-15H2,1-2H3,(H,24,25)/t16-,18?,22?/m0/s1. The molecule has 0 radical (unpaired) electrons. The molecule has 3 nitrogen and oxygen atoms in total. The second-order valence-corrected chi connectivity index (χ2v) is 8.25. The maximum Gasteiger partial charge on any atom is 0.255 e. The lowest BCUT2D eigenvalue weighted by Crippen LogP contribution is -2.32. The molecule has 1 aliphatic rings. The van der Waals surface area contributed by atoms with Crippen molar-refractivity contribution in [2.75, 3.05) is 0 Å². The van der Waals surface area contributed by atoms with Crippen molar-refractivity contribution in [2.24, 2.45) is 0 Å². The Kier molecular flexibility index (Phi) is 5.87. The van der Waals surface area contributed by atoms with Crippen LogP contribution < -0.4 is 10.1 Å². The topological polar surface area (TPSA) is 38.3 Å². The summed E-state index contributed by atoms with van der Waals surface area (Å²) in [7, 11) is 0. The molecule has 2 aromatic rings. The van der Waals surface area contributed by atoms with Gasteiger partial charge >= 0.3 is 0 Å². The van der Waals surface area contributed by atoms with Gasteiger partial charge in [0.2, 0.25) is 0 Å². The van der Waals surface area contributed by atoms with Crippen molar-refractivity contribution in [3.8, 4) is 5.75 Å². The van der Waals surface area contributed by atoms with Gasteiger partial charge in [-0.05, 0) is 57.2 Å². The Bertz CT molecular complexity index is 735. The van der Waals surface area contributed by atoms with Gasteiger partial charge in [0.1, 0.15) is 5.75 Å². The summed E-state index contributed by atoms with van der Waals surface area (Å²) >= 11 is 6.42. The van der Waals surface area contributed by atoms with E-state index in [4.69, 9.17) is 16.3 Å². The summed E-state index contributed by atoms with van der Waals surface area (Å²) in [5.41, 5.74) is 1.66. The van der Waals surface area contributed by atoms with Gasteiger partial charge in [0.05, 0.1) is 17.7 Å². The second-order valence-electron chi connectivity index (χ2n) is 7.33. The highest BCUT2D eigenvalue weighted by Gasteiger charge is 2.30. The third kappa shape index (κ3) is 4.79. The fourth-order valence-corrected chi connectivity index (χ4v) is 3.57. The summed E-state index contributed by atoms with van der Waals surface area (Å²) in [5, 5.41) is 3.06. The SMILES string of the molecule is C[C@H](NC(=O)c1ccccc1OC1CCC(C)(Cl)CC1)c1ccccc1. The van der Waals surface area contributed by atoms with Gasteiger partial charge in [0, 0.05) is 4.87 Å². The minimum atomic E-state index is -0.123. The summed E-state index contributed by atoms with van der Waals surface area (Å²) < 4.78 is 6.17. The van der Waals surface area contributed by atoms with E-state index in [0.29, 0.717) is 11.3 Å². The van der Waals surface area contributed by atoms with E-state index in [0.717, 1.165) is 31.2 Å². The number of alkyl halides is 1. The predicted molar refractivity (Wildman–Crippen MR) is 106 cm³/mol.